The molecule has 0 aliphatic carbocycles. The van der Waals surface area contributed by atoms with Crippen molar-refractivity contribution in [2.75, 3.05) is 33.0 Å². The molecule has 0 rings (SSSR count). The second-order valence-corrected chi connectivity index (χ2v) is 3.19. The van der Waals surface area contributed by atoms with Crippen molar-refractivity contribution in [2.24, 2.45) is 0 Å². The van der Waals surface area contributed by atoms with Gasteiger partial charge in [-0.25, -0.2) is 0 Å². The minimum atomic E-state index is 0.552. The molecule has 85 valence electrons. The van der Waals surface area contributed by atoms with E-state index in [0.717, 1.165) is 13.0 Å². The van der Waals surface area contributed by atoms with Crippen LogP contribution in [0, 0.1) is 7.11 Å². The summed E-state index contributed by atoms with van der Waals surface area (Å²) < 4.78 is 15.2. The van der Waals surface area contributed by atoms with Crippen molar-refractivity contribution in [3.8, 4) is 0 Å². The number of hydrogen-bond acceptors (Lipinski definition) is 3. The van der Waals surface area contributed by atoms with Gasteiger partial charge in [-0.1, -0.05) is 26.2 Å². The average Bonchev–Trinajstić information content (AvgIpc) is 2.21. The van der Waals surface area contributed by atoms with Crippen LogP contribution in [-0.4, -0.2) is 33.0 Å². The molecule has 0 heterocycles. The van der Waals surface area contributed by atoms with Crippen molar-refractivity contribution in [2.45, 2.75) is 32.6 Å². The highest BCUT2D eigenvalue weighted by Gasteiger charge is 1.90. The molecule has 0 saturated heterocycles. The zero-order valence-corrected chi connectivity index (χ0v) is 9.30. The Hall–Kier alpha value is -0.120. The highest BCUT2D eigenvalue weighted by Crippen LogP contribution is 1.98. The second kappa shape index (κ2) is 12.9. The first kappa shape index (κ1) is 13.9. The van der Waals surface area contributed by atoms with Crippen LogP contribution < -0.4 is 0 Å². The molecule has 0 aliphatic rings. The number of ether oxygens (including phenoxy) is 3. The third-order valence-corrected chi connectivity index (χ3v) is 1.89. The van der Waals surface area contributed by atoms with E-state index in [1.165, 1.54) is 19.3 Å². The van der Waals surface area contributed by atoms with Gasteiger partial charge in [-0.15, -0.1) is 0 Å². The Kier molecular flexibility index (Phi) is 12.8. The van der Waals surface area contributed by atoms with Crippen LogP contribution in [0.25, 0.3) is 0 Å². The molecule has 0 unspecified atom stereocenters. The average molecular weight is 203 g/mol. The summed E-state index contributed by atoms with van der Waals surface area (Å²) in [6.45, 7) is 5.55. The van der Waals surface area contributed by atoms with Gasteiger partial charge in [0.15, 0.2) is 0 Å². The molecule has 0 fully saturated rings. The van der Waals surface area contributed by atoms with Gasteiger partial charge >= 0.3 is 0 Å². The van der Waals surface area contributed by atoms with Crippen molar-refractivity contribution in [3.05, 3.63) is 7.11 Å². The largest absolute Gasteiger partial charge is 0.379 e. The van der Waals surface area contributed by atoms with E-state index in [1.807, 2.05) is 0 Å². The monoisotopic (exact) mass is 203 g/mol. The van der Waals surface area contributed by atoms with Crippen LogP contribution >= 0.6 is 0 Å². The molecule has 0 aliphatic heterocycles. The van der Waals surface area contributed by atoms with Crippen LogP contribution in [0.15, 0.2) is 0 Å². The maximum atomic E-state index is 5.38. The fraction of sp³-hybridized carbons (Fsp3) is 0.909. The van der Waals surface area contributed by atoms with Crippen molar-refractivity contribution in [1.29, 1.82) is 0 Å². The summed E-state index contributed by atoms with van der Waals surface area (Å²) >= 11 is 0. The van der Waals surface area contributed by atoms with E-state index in [9.17, 15) is 0 Å². The molecular weight excluding hydrogens is 180 g/mol. The fourth-order valence-electron chi connectivity index (χ4n) is 1.07. The summed E-state index contributed by atoms with van der Waals surface area (Å²) in [4.78, 5) is 0. The second-order valence-electron chi connectivity index (χ2n) is 3.19. The summed E-state index contributed by atoms with van der Waals surface area (Å²) in [5, 5.41) is 0. The first-order valence-electron chi connectivity index (χ1n) is 5.44. The van der Waals surface area contributed by atoms with E-state index in [-0.39, 0.29) is 0 Å². The quantitative estimate of drug-likeness (QED) is 0.483. The normalized spacial score (nSPS) is 10.7. The molecule has 0 atom stereocenters. The van der Waals surface area contributed by atoms with Gasteiger partial charge in [-0.2, -0.15) is 0 Å². The molecule has 0 aromatic heterocycles. The number of hydrogen-bond donors (Lipinski definition) is 0. The van der Waals surface area contributed by atoms with Gasteiger partial charge in [-0.05, 0) is 6.42 Å². The summed E-state index contributed by atoms with van der Waals surface area (Å²) in [5.41, 5.74) is 0. The van der Waals surface area contributed by atoms with E-state index >= 15 is 0 Å². The first-order valence-corrected chi connectivity index (χ1v) is 5.44. The van der Waals surface area contributed by atoms with Gasteiger partial charge in [0.2, 0.25) is 0 Å². The van der Waals surface area contributed by atoms with Gasteiger partial charge < -0.3 is 14.2 Å². The molecule has 0 spiro atoms. The Morgan fingerprint density at radius 2 is 1.43 bits per heavy atom. The van der Waals surface area contributed by atoms with Crippen LogP contribution in [0.1, 0.15) is 32.6 Å². The molecule has 1 radical (unpaired) electrons. The predicted molar refractivity (Wildman–Crippen MR) is 57.1 cm³/mol. The Balaban J connectivity index is 2.78. The zero-order chi connectivity index (χ0) is 10.5. The van der Waals surface area contributed by atoms with Crippen molar-refractivity contribution >= 4 is 0 Å². The van der Waals surface area contributed by atoms with Crippen molar-refractivity contribution < 1.29 is 14.2 Å². The maximum Gasteiger partial charge on any atom is 0.0701 e. The minimum Gasteiger partial charge on any atom is -0.379 e. The third-order valence-electron chi connectivity index (χ3n) is 1.89. The molecule has 0 saturated carbocycles. The standard InChI is InChI=1S/C11H23O3/c1-3-4-5-6-7-13-10-11-14-9-8-12-2/h2-11H2,1H3. The lowest BCUT2D eigenvalue weighted by atomic mass is 10.2. The van der Waals surface area contributed by atoms with Crippen LogP contribution in [0.4, 0.5) is 0 Å². The summed E-state index contributed by atoms with van der Waals surface area (Å²) in [7, 11) is 3.25. The SMILES string of the molecule is [CH2]OCCOCCOCCCCCC. The van der Waals surface area contributed by atoms with E-state index in [1.54, 1.807) is 0 Å². The topological polar surface area (TPSA) is 27.7 Å². The lowest BCUT2D eigenvalue weighted by Gasteiger charge is -2.04. The predicted octanol–water partition coefficient (Wildman–Crippen LogP) is 2.41. The van der Waals surface area contributed by atoms with Crippen molar-refractivity contribution in [3.63, 3.8) is 0 Å². The molecule has 0 amide bonds. The van der Waals surface area contributed by atoms with Crippen LogP contribution in [0.5, 0.6) is 0 Å². The molecule has 0 N–H and O–H groups in total. The zero-order valence-electron chi connectivity index (χ0n) is 9.30. The Bertz CT molecular complexity index is 84.5. The molecule has 3 heteroatoms. The Morgan fingerprint density at radius 3 is 2.07 bits per heavy atom. The van der Waals surface area contributed by atoms with E-state index in [4.69, 9.17) is 9.47 Å². The first-order chi connectivity index (χ1) is 6.91. The summed E-state index contributed by atoms with van der Waals surface area (Å²) in [6.07, 6.45) is 5.01. The summed E-state index contributed by atoms with van der Waals surface area (Å²) in [5.74, 6) is 0. The lowest BCUT2D eigenvalue weighted by Crippen LogP contribution is -2.08. The smallest absolute Gasteiger partial charge is 0.0701 e. The molecule has 0 bridgehead atoms. The number of unbranched alkanes of at least 4 members (excludes halogenated alkanes) is 3. The number of rotatable bonds is 11. The van der Waals surface area contributed by atoms with Gasteiger partial charge in [0, 0.05) is 6.61 Å². The minimum absolute atomic E-state index is 0.552. The van der Waals surface area contributed by atoms with Gasteiger partial charge in [0.1, 0.15) is 0 Å². The van der Waals surface area contributed by atoms with E-state index in [2.05, 4.69) is 18.8 Å². The fourth-order valence-corrected chi connectivity index (χ4v) is 1.07. The summed E-state index contributed by atoms with van der Waals surface area (Å²) in [6, 6.07) is 0. The van der Waals surface area contributed by atoms with Crippen LogP contribution in [-0.2, 0) is 14.2 Å². The highest BCUT2D eigenvalue weighted by molar-refractivity contribution is 4.39. The van der Waals surface area contributed by atoms with E-state index in [0.29, 0.717) is 26.4 Å². The molecule has 0 aromatic carbocycles. The van der Waals surface area contributed by atoms with Crippen LogP contribution in [0.3, 0.4) is 0 Å². The van der Waals surface area contributed by atoms with Crippen molar-refractivity contribution in [1.82, 2.24) is 0 Å². The van der Waals surface area contributed by atoms with Crippen LogP contribution in [0.2, 0.25) is 0 Å². The van der Waals surface area contributed by atoms with E-state index < -0.39 is 0 Å². The van der Waals surface area contributed by atoms with Gasteiger partial charge in [0.05, 0.1) is 33.5 Å². The Morgan fingerprint density at radius 1 is 0.786 bits per heavy atom. The van der Waals surface area contributed by atoms with Gasteiger partial charge in [-0.3, -0.25) is 0 Å². The highest BCUT2D eigenvalue weighted by atomic mass is 16.5. The molecule has 0 aromatic rings. The molecular formula is C11H23O3. The van der Waals surface area contributed by atoms with Gasteiger partial charge in [0.25, 0.3) is 0 Å². The Labute approximate surface area is 87.7 Å². The molecule has 14 heavy (non-hydrogen) atoms. The third kappa shape index (κ3) is 11.9. The lowest BCUT2D eigenvalue weighted by molar-refractivity contribution is 0.0288. The molecule has 3 nitrogen and oxygen atoms in total. The maximum absolute atomic E-state index is 5.38.